The van der Waals surface area contributed by atoms with Crippen LogP contribution < -0.4 is 5.32 Å². The van der Waals surface area contributed by atoms with E-state index in [-0.39, 0.29) is 0 Å². The minimum absolute atomic E-state index is 0.640. The zero-order chi connectivity index (χ0) is 10.9. The first-order valence-electron chi connectivity index (χ1n) is 6.13. The Balaban J connectivity index is 1.81. The third-order valence-electron chi connectivity index (χ3n) is 3.08. The third-order valence-corrected chi connectivity index (χ3v) is 3.08. The highest BCUT2D eigenvalue weighted by atomic mass is 16.5. The van der Waals surface area contributed by atoms with Gasteiger partial charge in [-0.15, -0.1) is 0 Å². The van der Waals surface area contributed by atoms with Gasteiger partial charge in [-0.1, -0.05) is 19.3 Å². The van der Waals surface area contributed by atoms with Crippen molar-refractivity contribution in [3.8, 4) is 0 Å². The van der Waals surface area contributed by atoms with Gasteiger partial charge in [0, 0.05) is 19.7 Å². The Hall–Kier alpha value is -0.120. The van der Waals surface area contributed by atoms with Crippen molar-refractivity contribution in [1.29, 1.82) is 0 Å². The Morgan fingerprint density at radius 3 is 2.67 bits per heavy atom. The molecule has 1 rings (SSSR count). The van der Waals surface area contributed by atoms with E-state index in [4.69, 9.17) is 9.47 Å². The Bertz CT molecular complexity index is 149. The molecule has 1 N–H and O–H groups in total. The summed E-state index contributed by atoms with van der Waals surface area (Å²) in [6, 6.07) is 0.640. The molecule has 1 atom stereocenters. The second-order valence-corrected chi connectivity index (χ2v) is 4.49. The highest BCUT2D eigenvalue weighted by molar-refractivity contribution is 4.74. The molecule has 1 saturated carbocycles. The van der Waals surface area contributed by atoms with Crippen molar-refractivity contribution in [3.05, 3.63) is 0 Å². The number of hydrogen-bond donors (Lipinski definition) is 1. The van der Waals surface area contributed by atoms with Crippen LogP contribution in [0.5, 0.6) is 0 Å². The van der Waals surface area contributed by atoms with E-state index in [1.54, 1.807) is 7.11 Å². The molecule has 1 aliphatic carbocycles. The van der Waals surface area contributed by atoms with E-state index < -0.39 is 0 Å². The van der Waals surface area contributed by atoms with Gasteiger partial charge < -0.3 is 14.8 Å². The predicted molar refractivity (Wildman–Crippen MR) is 62.1 cm³/mol. The number of methoxy groups -OCH3 is 1. The standard InChI is InChI=1S/C12H25NO2/c1-11(10-12-4-3-5-12)13-6-7-15-9-8-14-2/h11-13H,3-10H2,1-2H3. The molecule has 0 aromatic rings. The lowest BCUT2D eigenvalue weighted by molar-refractivity contribution is 0.0707. The first-order valence-corrected chi connectivity index (χ1v) is 6.13. The molecule has 0 spiro atoms. The highest BCUT2D eigenvalue weighted by Gasteiger charge is 2.19. The molecule has 3 heteroatoms. The minimum atomic E-state index is 0.640. The summed E-state index contributed by atoms with van der Waals surface area (Å²) in [7, 11) is 1.70. The van der Waals surface area contributed by atoms with Crippen LogP contribution in [0, 0.1) is 5.92 Å². The predicted octanol–water partition coefficient (Wildman–Crippen LogP) is 1.82. The highest BCUT2D eigenvalue weighted by Crippen LogP contribution is 2.30. The lowest BCUT2D eigenvalue weighted by Crippen LogP contribution is -2.32. The maximum atomic E-state index is 5.38. The molecule has 1 fully saturated rings. The molecular weight excluding hydrogens is 190 g/mol. The van der Waals surface area contributed by atoms with Gasteiger partial charge in [0.05, 0.1) is 19.8 Å². The number of ether oxygens (including phenoxy) is 2. The summed E-state index contributed by atoms with van der Waals surface area (Å²) in [6.07, 6.45) is 5.66. The summed E-state index contributed by atoms with van der Waals surface area (Å²) in [5, 5.41) is 3.49. The Kier molecular flexibility index (Phi) is 6.98. The molecular formula is C12H25NO2. The van der Waals surface area contributed by atoms with Crippen LogP contribution in [0.2, 0.25) is 0 Å². The average molecular weight is 215 g/mol. The van der Waals surface area contributed by atoms with Crippen molar-refractivity contribution in [2.24, 2.45) is 5.92 Å². The summed E-state index contributed by atoms with van der Waals surface area (Å²) in [6.45, 7) is 5.41. The van der Waals surface area contributed by atoms with Crippen LogP contribution >= 0.6 is 0 Å². The van der Waals surface area contributed by atoms with Crippen LogP contribution in [0.4, 0.5) is 0 Å². The summed E-state index contributed by atoms with van der Waals surface area (Å²) >= 11 is 0. The molecule has 0 aliphatic heterocycles. The van der Waals surface area contributed by atoms with Gasteiger partial charge in [-0.05, 0) is 19.3 Å². The molecule has 1 unspecified atom stereocenters. The topological polar surface area (TPSA) is 30.5 Å². The molecule has 0 saturated heterocycles. The van der Waals surface area contributed by atoms with Crippen LogP contribution in [-0.4, -0.2) is 39.5 Å². The van der Waals surface area contributed by atoms with Crippen molar-refractivity contribution >= 4 is 0 Å². The molecule has 3 nitrogen and oxygen atoms in total. The first kappa shape index (κ1) is 12.9. The fourth-order valence-corrected chi connectivity index (χ4v) is 1.93. The van der Waals surface area contributed by atoms with Crippen molar-refractivity contribution in [2.75, 3.05) is 33.5 Å². The molecule has 0 radical (unpaired) electrons. The van der Waals surface area contributed by atoms with Gasteiger partial charge in [-0.2, -0.15) is 0 Å². The van der Waals surface area contributed by atoms with Gasteiger partial charge in [-0.25, -0.2) is 0 Å². The lowest BCUT2D eigenvalue weighted by Gasteiger charge is -2.28. The van der Waals surface area contributed by atoms with E-state index in [9.17, 15) is 0 Å². The van der Waals surface area contributed by atoms with E-state index in [2.05, 4.69) is 12.2 Å². The van der Waals surface area contributed by atoms with Gasteiger partial charge in [0.2, 0.25) is 0 Å². The van der Waals surface area contributed by atoms with Crippen molar-refractivity contribution in [1.82, 2.24) is 5.32 Å². The molecule has 90 valence electrons. The van der Waals surface area contributed by atoms with Gasteiger partial charge in [0.15, 0.2) is 0 Å². The zero-order valence-electron chi connectivity index (χ0n) is 10.1. The van der Waals surface area contributed by atoms with E-state index in [1.165, 1.54) is 25.7 Å². The Morgan fingerprint density at radius 1 is 1.27 bits per heavy atom. The molecule has 0 bridgehead atoms. The normalized spacial score (nSPS) is 18.8. The average Bonchev–Trinajstić information content (AvgIpc) is 2.17. The van der Waals surface area contributed by atoms with Crippen LogP contribution in [-0.2, 0) is 9.47 Å². The molecule has 0 aromatic carbocycles. The monoisotopic (exact) mass is 215 g/mol. The van der Waals surface area contributed by atoms with E-state index in [0.29, 0.717) is 19.3 Å². The van der Waals surface area contributed by atoms with Crippen molar-refractivity contribution < 1.29 is 9.47 Å². The van der Waals surface area contributed by atoms with Gasteiger partial charge in [0.25, 0.3) is 0 Å². The molecule has 15 heavy (non-hydrogen) atoms. The summed E-state index contributed by atoms with van der Waals surface area (Å²) in [4.78, 5) is 0. The lowest BCUT2D eigenvalue weighted by atomic mass is 9.81. The summed E-state index contributed by atoms with van der Waals surface area (Å²) < 4.78 is 10.3. The molecule has 0 amide bonds. The van der Waals surface area contributed by atoms with Crippen molar-refractivity contribution in [3.63, 3.8) is 0 Å². The molecule has 1 aliphatic rings. The fourth-order valence-electron chi connectivity index (χ4n) is 1.93. The number of nitrogens with one attached hydrogen (secondary N) is 1. The van der Waals surface area contributed by atoms with Crippen LogP contribution in [0.15, 0.2) is 0 Å². The van der Waals surface area contributed by atoms with Gasteiger partial charge in [0.1, 0.15) is 0 Å². The van der Waals surface area contributed by atoms with Crippen LogP contribution in [0.25, 0.3) is 0 Å². The molecule has 0 heterocycles. The second-order valence-electron chi connectivity index (χ2n) is 4.49. The van der Waals surface area contributed by atoms with E-state index in [1.807, 2.05) is 0 Å². The summed E-state index contributed by atoms with van der Waals surface area (Å²) in [5.74, 6) is 0.988. The second kappa shape index (κ2) is 8.08. The fraction of sp³-hybridized carbons (Fsp3) is 1.00. The number of rotatable bonds is 9. The third kappa shape index (κ3) is 6.13. The largest absolute Gasteiger partial charge is 0.382 e. The smallest absolute Gasteiger partial charge is 0.0700 e. The quantitative estimate of drug-likeness (QED) is 0.595. The minimum Gasteiger partial charge on any atom is -0.382 e. The van der Waals surface area contributed by atoms with E-state index >= 15 is 0 Å². The first-order chi connectivity index (χ1) is 7.33. The van der Waals surface area contributed by atoms with Crippen LogP contribution in [0.1, 0.15) is 32.6 Å². The Morgan fingerprint density at radius 2 is 2.07 bits per heavy atom. The summed E-state index contributed by atoms with van der Waals surface area (Å²) in [5.41, 5.74) is 0. The molecule has 0 aromatic heterocycles. The number of hydrogen-bond acceptors (Lipinski definition) is 3. The van der Waals surface area contributed by atoms with E-state index in [0.717, 1.165) is 19.1 Å². The maximum absolute atomic E-state index is 5.38. The Labute approximate surface area is 93.5 Å². The zero-order valence-corrected chi connectivity index (χ0v) is 10.1. The van der Waals surface area contributed by atoms with Crippen molar-refractivity contribution in [2.45, 2.75) is 38.6 Å². The maximum Gasteiger partial charge on any atom is 0.0700 e. The van der Waals surface area contributed by atoms with Crippen LogP contribution in [0.3, 0.4) is 0 Å². The van der Waals surface area contributed by atoms with Gasteiger partial charge in [-0.3, -0.25) is 0 Å². The van der Waals surface area contributed by atoms with Gasteiger partial charge >= 0.3 is 0 Å². The SMILES string of the molecule is COCCOCCNC(C)CC1CCC1.